The number of benzene rings is 1. The summed E-state index contributed by atoms with van der Waals surface area (Å²) in [7, 11) is 0. The van der Waals surface area contributed by atoms with Crippen LogP contribution in [0.2, 0.25) is 5.02 Å². The molecule has 0 spiro atoms. The fourth-order valence-corrected chi connectivity index (χ4v) is 3.46. The number of halogens is 1. The van der Waals surface area contributed by atoms with Crippen molar-refractivity contribution in [2.24, 2.45) is 22.6 Å². The molecular weight excluding hydrogens is 270 g/mol. The molecule has 1 atom stereocenters. The lowest BCUT2D eigenvalue weighted by atomic mass is 9.83. The summed E-state index contributed by atoms with van der Waals surface area (Å²) < 4.78 is 0. The van der Waals surface area contributed by atoms with Crippen LogP contribution in [-0.2, 0) is 5.54 Å². The highest BCUT2D eigenvalue weighted by Crippen LogP contribution is 2.51. The van der Waals surface area contributed by atoms with Crippen LogP contribution in [0, 0.1) is 11.8 Å². The molecule has 1 saturated carbocycles. The van der Waals surface area contributed by atoms with Crippen LogP contribution < -0.4 is 5.73 Å². The van der Waals surface area contributed by atoms with E-state index < -0.39 is 0 Å². The van der Waals surface area contributed by atoms with Gasteiger partial charge in [0.15, 0.2) is 5.96 Å². The number of nitrogens with two attached hydrogens (primary N) is 1. The van der Waals surface area contributed by atoms with Crippen LogP contribution in [0.1, 0.15) is 32.3 Å². The molecule has 1 aromatic rings. The molecular formula is C16H22ClN3. The third kappa shape index (κ3) is 2.18. The number of hydrogen-bond donors (Lipinski definition) is 1. The zero-order chi connectivity index (χ0) is 14.3. The van der Waals surface area contributed by atoms with Crippen LogP contribution in [0.5, 0.6) is 0 Å². The van der Waals surface area contributed by atoms with E-state index in [1.165, 1.54) is 18.4 Å². The quantitative estimate of drug-likeness (QED) is 0.925. The van der Waals surface area contributed by atoms with Gasteiger partial charge in [-0.3, -0.25) is 4.99 Å². The first-order valence-electron chi connectivity index (χ1n) is 7.37. The normalized spacial score (nSPS) is 26.2. The predicted molar refractivity (Wildman–Crippen MR) is 83.9 cm³/mol. The van der Waals surface area contributed by atoms with Crippen LogP contribution in [0.15, 0.2) is 29.3 Å². The fourth-order valence-electron chi connectivity index (χ4n) is 3.33. The first-order chi connectivity index (χ1) is 9.54. The minimum Gasteiger partial charge on any atom is -0.370 e. The maximum absolute atomic E-state index is 6.19. The Morgan fingerprint density at radius 2 is 2.00 bits per heavy atom. The SMILES string of the molecule is CC(C)CN1C(N)=NCC1(c1ccc(Cl)cc1)C1CC1. The third-order valence-electron chi connectivity index (χ3n) is 4.38. The molecule has 0 radical (unpaired) electrons. The van der Waals surface area contributed by atoms with Crippen LogP contribution in [0.25, 0.3) is 0 Å². The molecule has 1 unspecified atom stereocenters. The van der Waals surface area contributed by atoms with Crippen molar-refractivity contribution in [2.75, 3.05) is 13.1 Å². The molecule has 0 aromatic heterocycles. The Hall–Kier alpha value is -1.22. The minimum absolute atomic E-state index is 0.0427. The fraction of sp³-hybridized carbons (Fsp3) is 0.562. The summed E-state index contributed by atoms with van der Waals surface area (Å²) in [5.74, 6) is 1.92. The predicted octanol–water partition coefficient (Wildman–Crippen LogP) is 3.23. The summed E-state index contributed by atoms with van der Waals surface area (Å²) in [5.41, 5.74) is 7.44. The van der Waals surface area contributed by atoms with E-state index in [0.717, 1.165) is 18.1 Å². The van der Waals surface area contributed by atoms with Gasteiger partial charge in [0.05, 0.1) is 12.1 Å². The molecule has 1 aromatic carbocycles. The second-order valence-corrected chi connectivity index (χ2v) is 6.82. The number of nitrogens with zero attached hydrogens (tertiary/aromatic N) is 2. The Balaban J connectivity index is 2.01. The van der Waals surface area contributed by atoms with Crippen molar-refractivity contribution in [3.8, 4) is 0 Å². The molecule has 0 amide bonds. The third-order valence-corrected chi connectivity index (χ3v) is 4.64. The zero-order valence-corrected chi connectivity index (χ0v) is 12.9. The van der Waals surface area contributed by atoms with Gasteiger partial charge in [0, 0.05) is 11.6 Å². The second kappa shape index (κ2) is 4.96. The van der Waals surface area contributed by atoms with Crippen molar-refractivity contribution >= 4 is 17.6 Å². The lowest BCUT2D eigenvalue weighted by molar-refractivity contribution is 0.155. The Morgan fingerprint density at radius 3 is 2.55 bits per heavy atom. The van der Waals surface area contributed by atoms with E-state index in [4.69, 9.17) is 17.3 Å². The van der Waals surface area contributed by atoms with Crippen LogP contribution in [0.3, 0.4) is 0 Å². The van der Waals surface area contributed by atoms with E-state index in [1.807, 2.05) is 12.1 Å². The van der Waals surface area contributed by atoms with Gasteiger partial charge >= 0.3 is 0 Å². The summed E-state index contributed by atoms with van der Waals surface area (Å²) in [6, 6.07) is 8.23. The Morgan fingerprint density at radius 1 is 1.35 bits per heavy atom. The van der Waals surface area contributed by atoms with E-state index in [2.05, 4.69) is 35.9 Å². The molecule has 0 saturated heterocycles. The van der Waals surface area contributed by atoms with Gasteiger partial charge < -0.3 is 10.6 Å². The second-order valence-electron chi connectivity index (χ2n) is 6.38. The summed E-state index contributed by atoms with van der Waals surface area (Å²) in [4.78, 5) is 6.90. The smallest absolute Gasteiger partial charge is 0.192 e. The van der Waals surface area contributed by atoms with Gasteiger partial charge in [-0.2, -0.15) is 0 Å². The van der Waals surface area contributed by atoms with Gasteiger partial charge in [-0.25, -0.2) is 0 Å². The van der Waals surface area contributed by atoms with Gasteiger partial charge in [0.1, 0.15) is 0 Å². The zero-order valence-electron chi connectivity index (χ0n) is 12.1. The van der Waals surface area contributed by atoms with Gasteiger partial charge in [0.2, 0.25) is 0 Å². The molecule has 1 aliphatic carbocycles. The van der Waals surface area contributed by atoms with E-state index in [0.29, 0.717) is 17.8 Å². The summed E-state index contributed by atoms with van der Waals surface area (Å²) in [6.07, 6.45) is 2.53. The van der Waals surface area contributed by atoms with Crippen molar-refractivity contribution in [1.82, 2.24) is 4.90 Å². The van der Waals surface area contributed by atoms with Crippen molar-refractivity contribution < 1.29 is 0 Å². The van der Waals surface area contributed by atoms with E-state index in [-0.39, 0.29) is 5.54 Å². The highest BCUT2D eigenvalue weighted by molar-refractivity contribution is 6.30. The van der Waals surface area contributed by atoms with Gasteiger partial charge in [-0.05, 0) is 42.4 Å². The Bertz CT molecular complexity index is 519. The van der Waals surface area contributed by atoms with Crippen molar-refractivity contribution in [2.45, 2.75) is 32.2 Å². The molecule has 3 nitrogen and oxygen atoms in total. The van der Waals surface area contributed by atoms with Crippen LogP contribution >= 0.6 is 11.6 Å². The molecule has 4 heteroatoms. The first-order valence-corrected chi connectivity index (χ1v) is 7.75. The van der Waals surface area contributed by atoms with Crippen LogP contribution in [-0.4, -0.2) is 23.9 Å². The van der Waals surface area contributed by atoms with Gasteiger partial charge in [-0.1, -0.05) is 37.6 Å². The first kappa shape index (κ1) is 13.7. The molecule has 1 fully saturated rings. The van der Waals surface area contributed by atoms with Crippen molar-refractivity contribution in [3.63, 3.8) is 0 Å². The number of aliphatic imine (C=N–C) groups is 1. The summed E-state index contributed by atoms with van der Waals surface area (Å²) >= 11 is 6.04. The Kier molecular flexibility index (Phi) is 3.41. The average Bonchev–Trinajstić information content (AvgIpc) is 3.20. The molecule has 3 rings (SSSR count). The summed E-state index contributed by atoms with van der Waals surface area (Å²) in [5, 5.41) is 0.780. The lowest BCUT2D eigenvalue weighted by Crippen LogP contribution is -2.52. The summed E-state index contributed by atoms with van der Waals surface area (Å²) in [6.45, 7) is 6.18. The molecule has 1 heterocycles. The topological polar surface area (TPSA) is 41.6 Å². The van der Waals surface area contributed by atoms with E-state index in [1.54, 1.807) is 0 Å². The van der Waals surface area contributed by atoms with Gasteiger partial charge in [-0.15, -0.1) is 0 Å². The van der Waals surface area contributed by atoms with Crippen molar-refractivity contribution in [1.29, 1.82) is 0 Å². The average molecular weight is 292 g/mol. The maximum Gasteiger partial charge on any atom is 0.192 e. The molecule has 2 N–H and O–H groups in total. The molecule has 0 bridgehead atoms. The van der Waals surface area contributed by atoms with E-state index in [9.17, 15) is 0 Å². The number of guanidine groups is 1. The van der Waals surface area contributed by atoms with Crippen molar-refractivity contribution in [3.05, 3.63) is 34.9 Å². The number of hydrogen-bond acceptors (Lipinski definition) is 3. The molecule has 2 aliphatic rings. The standard InChI is InChI=1S/C16H22ClN3/c1-11(2)9-20-15(18)19-10-16(20,12-3-4-12)13-5-7-14(17)8-6-13/h5-8,11-12H,3-4,9-10H2,1-2H3,(H2,18,19). The molecule has 20 heavy (non-hydrogen) atoms. The Labute approximate surface area is 125 Å². The lowest BCUT2D eigenvalue weighted by Gasteiger charge is -2.41. The van der Waals surface area contributed by atoms with Crippen LogP contribution in [0.4, 0.5) is 0 Å². The van der Waals surface area contributed by atoms with E-state index >= 15 is 0 Å². The van der Waals surface area contributed by atoms with Gasteiger partial charge in [0.25, 0.3) is 0 Å². The molecule has 108 valence electrons. The molecule has 1 aliphatic heterocycles. The largest absolute Gasteiger partial charge is 0.370 e. The minimum atomic E-state index is -0.0427. The number of rotatable bonds is 4. The highest BCUT2D eigenvalue weighted by Gasteiger charge is 2.53. The maximum atomic E-state index is 6.19. The monoisotopic (exact) mass is 291 g/mol. The highest BCUT2D eigenvalue weighted by atomic mass is 35.5.